The van der Waals surface area contributed by atoms with Crippen LogP contribution in [0.4, 0.5) is 0 Å². The molecule has 0 spiro atoms. The first-order chi connectivity index (χ1) is 6.63. The molecule has 1 aromatic rings. The lowest BCUT2D eigenvalue weighted by atomic mass is 10.3. The molecule has 0 saturated carbocycles. The van der Waals surface area contributed by atoms with Gasteiger partial charge in [-0.2, -0.15) is 0 Å². The Bertz CT molecular complexity index is 268. The molecular formula is C11H18O2S. The molecule has 1 aromatic heterocycles. The van der Waals surface area contributed by atoms with Gasteiger partial charge in [0.15, 0.2) is 0 Å². The second-order valence-corrected chi connectivity index (χ2v) is 4.76. The fourth-order valence-corrected chi connectivity index (χ4v) is 2.05. The van der Waals surface area contributed by atoms with E-state index in [2.05, 4.69) is 13.0 Å². The first kappa shape index (κ1) is 11.7. The van der Waals surface area contributed by atoms with Crippen LogP contribution < -0.4 is 0 Å². The molecular weight excluding hydrogens is 196 g/mol. The number of hydrogen-bond acceptors (Lipinski definition) is 3. The fourth-order valence-electron chi connectivity index (χ4n) is 1.13. The van der Waals surface area contributed by atoms with E-state index in [1.807, 2.05) is 19.9 Å². The summed E-state index contributed by atoms with van der Waals surface area (Å²) < 4.78 is 5.36. The smallest absolute Gasteiger partial charge is 0.111 e. The highest BCUT2D eigenvalue weighted by molar-refractivity contribution is 7.12. The summed E-state index contributed by atoms with van der Waals surface area (Å²) in [7, 11) is 0. The molecule has 1 N–H and O–H groups in total. The van der Waals surface area contributed by atoms with Crippen molar-refractivity contribution in [2.45, 2.75) is 39.4 Å². The van der Waals surface area contributed by atoms with Crippen molar-refractivity contribution in [1.29, 1.82) is 0 Å². The molecule has 0 saturated heterocycles. The minimum Gasteiger partial charge on any atom is -0.385 e. The van der Waals surface area contributed by atoms with Gasteiger partial charge >= 0.3 is 0 Å². The molecule has 1 atom stereocenters. The quantitative estimate of drug-likeness (QED) is 0.816. The number of aryl methyl sites for hydroxylation is 1. The van der Waals surface area contributed by atoms with E-state index in [1.54, 1.807) is 11.3 Å². The maximum absolute atomic E-state index is 9.76. The largest absolute Gasteiger partial charge is 0.385 e. The number of hydrogen-bond donors (Lipinski definition) is 1. The molecule has 0 aromatic carbocycles. The third kappa shape index (κ3) is 3.40. The van der Waals surface area contributed by atoms with Crippen LogP contribution in [0.5, 0.6) is 0 Å². The summed E-state index contributed by atoms with van der Waals surface area (Å²) >= 11 is 1.66. The maximum atomic E-state index is 9.76. The average Bonchev–Trinajstić information content (AvgIpc) is 2.62. The highest BCUT2D eigenvalue weighted by atomic mass is 32.1. The van der Waals surface area contributed by atoms with Gasteiger partial charge in [-0.05, 0) is 32.4 Å². The summed E-state index contributed by atoms with van der Waals surface area (Å²) in [4.78, 5) is 2.31. The van der Waals surface area contributed by atoms with Crippen LogP contribution in [0.25, 0.3) is 0 Å². The minimum atomic E-state index is -0.470. The summed E-state index contributed by atoms with van der Waals surface area (Å²) in [5, 5.41) is 9.76. The van der Waals surface area contributed by atoms with Crippen LogP contribution in [0.2, 0.25) is 0 Å². The molecule has 0 aliphatic heterocycles. The van der Waals surface area contributed by atoms with Gasteiger partial charge in [0.2, 0.25) is 0 Å². The van der Waals surface area contributed by atoms with E-state index in [-0.39, 0.29) is 6.10 Å². The molecule has 0 aliphatic carbocycles. The number of rotatable bonds is 5. The van der Waals surface area contributed by atoms with Crippen LogP contribution in [0.3, 0.4) is 0 Å². The Morgan fingerprint density at radius 3 is 2.64 bits per heavy atom. The Balaban J connectivity index is 2.47. The minimum absolute atomic E-state index is 0.176. The van der Waals surface area contributed by atoms with Crippen molar-refractivity contribution < 1.29 is 9.84 Å². The molecule has 0 aliphatic rings. The van der Waals surface area contributed by atoms with Crippen molar-refractivity contribution in [3.63, 3.8) is 0 Å². The topological polar surface area (TPSA) is 29.5 Å². The van der Waals surface area contributed by atoms with Crippen molar-refractivity contribution in [2.24, 2.45) is 0 Å². The number of thiophene rings is 1. The van der Waals surface area contributed by atoms with Crippen LogP contribution in [-0.4, -0.2) is 17.8 Å². The van der Waals surface area contributed by atoms with Gasteiger partial charge in [0.1, 0.15) is 6.10 Å². The first-order valence-electron chi connectivity index (χ1n) is 5.01. The third-order valence-corrected chi connectivity index (χ3v) is 3.28. The average molecular weight is 214 g/mol. The number of ether oxygens (including phenoxy) is 1. The molecule has 1 unspecified atom stereocenters. The summed E-state index contributed by atoms with van der Waals surface area (Å²) in [5.41, 5.74) is 0. The predicted octanol–water partition coefficient (Wildman–Crippen LogP) is 2.77. The van der Waals surface area contributed by atoms with Crippen molar-refractivity contribution in [3.8, 4) is 0 Å². The molecule has 0 bridgehead atoms. The molecule has 14 heavy (non-hydrogen) atoms. The van der Waals surface area contributed by atoms with E-state index in [0.29, 0.717) is 6.61 Å². The maximum Gasteiger partial charge on any atom is 0.111 e. The normalized spacial score (nSPS) is 13.5. The summed E-state index contributed by atoms with van der Waals surface area (Å²) in [6.07, 6.45) is 0.737. The van der Waals surface area contributed by atoms with Crippen molar-refractivity contribution >= 4 is 11.3 Å². The van der Waals surface area contributed by atoms with Crippen molar-refractivity contribution in [1.82, 2.24) is 0 Å². The van der Waals surface area contributed by atoms with Crippen molar-refractivity contribution in [2.75, 3.05) is 6.61 Å². The molecule has 0 radical (unpaired) electrons. The zero-order valence-corrected chi connectivity index (χ0v) is 9.80. The second-order valence-electron chi connectivity index (χ2n) is 3.56. The Hall–Kier alpha value is -0.380. The highest BCUT2D eigenvalue weighted by Gasteiger charge is 2.10. The van der Waals surface area contributed by atoms with E-state index >= 15 is 0 Å². The molecule has 1 heterocycles. The molecule has 3 heteroatoms. The van der Waals surface area contributed by atoms with Gasteiger partial charge in [-0.25, -0.2) is 0 Å². The molecule has 80 valence electrons. The molecule has 2 nitrogen and oxygen atoms in total. The Morgan fingerprint density at radius 1 is 1.43 bits per heavy atom. The standard InChI is InChI=1S/C11H18O2S/c1-4-9-5-6-11(14-9)10(12)7-13-8(2)3/h5-6,8,10,12H,4,7H2,1-3H3. The lowest BCUT2D eigenvalue weighted by Crippen LogP contribution is -2.10. The molecule has 1 rings (SSSR count). The Labute approximate surface area is 89.5 Å². The van der Waals surface area contributed by atoms with E-state index in [9.17, 15) is 5.11 Å². The van der Waals surface area contributed by atoms with E-state index in [4.69, 9.17) is 4.74 Å². The second kappa shape index (κ2) is 5.49. The van der Waals surface area contributed by atoms with Gasteiger partial charge in [-0.3, -0.25) is 0 Å². The Kier molecular flexibility index (Phi) is 4.58. The summed E-state index contributed by atoms with van der Waals surface area (Å²) in [6, 6.07) is 4.05. The number of aliphatic hydroxyl groups excluding tert-OH is 1. The lowest BCUT2D eigenvalue weighted by Gasteiger charge is -2.11. The van der Waals surface area contributed by atoms with Gasteiger partial charge in [0, 0.05) is 9.75 Å². The zero-order valence-electron chi connectivity index (χ0n) is 8.99. The van der Waals surface area contributed by atoms with Crippen LogP contribution in [-0.2, 0) is 11.2 Å². The fraction of sp³-hybridized carbons (Fsp3) is 0.636. The van der Waals surface area contributed by atoms with E-state index in [1.165, 1.54) is 4.88 Å². The van der Waals surface area contributed by atoms with Crippen LogP contribution in [0, 0.1) is 0 Å². The van der Waals surface area contributed by atoms with Crippen molar-refractivity contribution in [3.05, 3.63) is 21.9 Å². The summed E-state index contributed by atoms with van der Waals surface area (Å²) in [6.45, 7) is 6.45. The predicted molar refractivity (Wildman–Crippen MR) is 59.7 cm³/mol. The van der Waals surface area contributed by atoms with Gasteiger partial charge in [-0.1, -0.05) is 6.92 Å². The van der Waals surface area contributed by atoms with E-state index < -0.39 is 6.10 Å². The molecule has 0 fully saturated rings. The van der Waals surface area contributed by atoms with Crippen LogP contribution >= 0.6 is 11.3 Å². The monoisotopic (exact) mass is 214 g/mol. The van der Waals surface area contributed by atoms with Crippen LogP contribution in [0.1, 0.15) is 36.6 Å². The lowest BCUT2D eigenvalue weighted by molar-refractivity contribution is 0.00633. The van der Waals surface area contributed by atoms with Gasteiger partial charge in [0.05, 0.1) is 12.7 Å². The number of aliphatic hydroxyl groups is 1. The van der Waals surface area contributed by atoms with Gasteiger partial charge < -0.3 is 9.84 Å². The third-order valence-electron chi connectivity index (χ3n) is 1.95. The highest BCUT2D eigenvalue weighted by Crippen LogP contribution is 2.24. The van der Waals surface area contributed by atoms with Gasteiger partial charge in [-0.15, -0.1) is 11.3 Å². The van der Waals surface area contributed by atoms with E-state index in [0.717, 1.165) is 11.3 Å². The summed E-state index contributed by atoms with van der Waals surface area (Å²) in [5.74, 6) is 0. The molecule has 0 amide bonds. The Morgan fingerprint density at radius 2 is 2.14 bits per heavy atom. The SMILES string of the molecule is CCc1ccc(C(O)COC(C)C)s1. The zero-order chi connectivity index (χ0) is 10.6. The first-order valence-corrected chi connectivity index (χ1v) is 5.83. The van der Waals surface area contributed by atoms with Gasteiger partial charge in [0.25, 0.3) is 0 Å². The van der Waals surface area contributed by atoms with Crippen LogP contribution in [0.15, 0.2) is 12.1 Å².